The predicted molar refractivity (Wildman–Crippen MR) is 106 cm³/mol. The Morgan fingerprint density at radius 3 is 3.04 bits per heavy atom. The molecule has 1 fully saturated rings. The molecular formula is C21H26N4O3. The topological polar surface area (TPSA) is 84.4 Å². The summed E-state index contributed by atoms with van der Waals surface area (Å²) in [4.78, 5) is 19.0. The molecule has 1 aliphatic heterocycles. The number of nitrogens with zero attached hydrogens (tertiary/aromatic N) is 3. The molecule has 3 heterocycles. The first-order valence-corrected chi connectivity index (χ1v) is 9.94. The molecule has 0 unspecified atom stereocenters. The maximum Gasteiger partial charge on any atom is 0.316 e. The number of furan rings is 1. The number of piperidine rings is 1. The lowest BCUT2D eigenvalue weighted by Crippen LogP contribution is -2.36. The summed E-state index contributed by atoms with van der Waals surface area (Å²) in [5, 5.41) is 7.79. The van der Waals surface area contributed by atoms with Crippen LogP contribution in [0.5, 0.6) is 0 Å². The van der Waals surface area contributed by atoms with E-state index in [9.17, 15) is 4.79 Å². The van der Waals surface area contributed by atoms with Gasteiger partial charge in [-0.25, -0.2) is 0 Å². The van der Waals surface area contributed by atoms with Gasteiger partial charge in [-0.2, -0.15) is 4.98 Å². The minimum atomic E-state index is -0.348. The number of amides is 1. The van der Waals surface area contributed by atoms with Crippen LogP contribution < -0.4 is 5.32 Å². The van der Waals surface area contributed by atoms with E-state index in [0.29, 0.717) is 18.1 Å². The number of hydrogen-bond acceptors (Lipinski definition) is 6. The van der Waals surface area contributed by atoms with E-state index in [0.717, 1.165) is 48.5 Å². The van der Waals surface area contributed by atoms with Crippen molar-refractivity contribution in [3.05, 3.63) is 35.7 Å². The second-order valence-corrected chi connectivity index (χ2v) is 7.63. The number of carbonyl (C=O) groups is 1. The van der Waals surface area contributed by atoms with Crippen molar-refractivity contribution in [3.8, 4) is 11.6 Å². The minimum absolute atomic E-state index is 0.0403. The van der Waals surface area contributed by atoms with Crippen molar-refractivity contribution in [3.63, 3.8) is 0 Å². The van der Waals surface area contributed by atoms with Gasteiger partial charge in [0.15, 0.2) is 5.76 Å². The van der Waals surface area contributed by atoms with Gasteiger partial charge in [0.05, 0.1) is 0 Å². The van der Waals surface area contributed by atoms with E-state index in [4.69, 9.17) is 8.94 Å². The van der Waals surface area contributed by atoms with E-state index < -0.39 is 0 Å². The Hall–Kier alpha value is -2.67. The maximum atomic E-state index is 12.3. The first kappa shape index (κ1) is 18.7. The number of likely N-dealkylation sites (tertiary alicyclic amines) is 1. The van der Waals surface area contributed by atoms with Gasteiger partial charge in [-0.1, -0.05) is 30.3 Å². The normalized spacial score (nSPS) is 17.9. The number of aryl methyl sites for hydroxylation is 1. The molecule has 28 heavy (non-hydrogen) atoms. The fraction of sp³-hybridized carbons (Fsp3) is 0.476. The molecule has 3 aromatic rings. The number of benzene rings is 1. The van der Waals surface area contributed by atoms with Crippen LogP contribution in [0.4, 0.5) is 0 Å². The molecule has 1 saturated heterocycles. The summed E-state index contributed by atoms with van der Waals surface area (Å²) < 4.78 is 11.0. The van der Waals surface area contributed by atoms with Gasteiger partial charge in [-0.05, 0) is 51.3 Å². The van der Waals surface area contributed by atoms with Gasteiger partial charge in [0, 0.05) is 24.0 Å². The highest BCUT2D eigenvalue weighted by Gasteiger charge is 2.21. The zero-order chi connectivity index (χ0) is 19.5. The Balaban J connectivity index is 1.33. The highest BCUT2D eigenvalue weighted by Crippen LogP contribution is 2.31. The zero-order valence-corrected chi connectivity index (χ0v) is 16.4. The molecule has 1 atom stereocenters. The fourth-order valence-electron chi connectivity index (χ4n) is 3.87. The number of aromatic nitrogens is 2. The summed E-state index contributed by atoms with van der Waals surface area (Å²) >= 11 is 0. The van der Waals surface area contributed by atoms with E-state index in [1.54, 1.807) is 0 Å². The molecule has 0 bridgehead atoms. The van der Waals surface area contributed by atoms with E-state index in [1.807, 2.05) is 31.2 Å². The molecule has 7 nitrogen and oxygen atoms in total. The summed E-state index contributed by atoms with van der Waals surface area (Å²) in [5.41, 5.74) is 1.69. The summed E-state index contributed by atoms with van der Waals surface area (Å²) in [6.07, 6.45) is 3.49. The minimum Gasteiger partial charge on any atom is -0.452 e. The van der Waals surface area contributed by atoms with Crippen LogP contribution in [0.3, 0.4) is 0 Å². The molecule has 1 aliphatic rings. The average molecular weight is 382 g/mol. The third-order valence-electron chi connectivity index (χ3n) is 5.34. The molecular weight excluding hydrogens is 356 g/mol. The van der Waals surface area contributed by atoms with Crippen LogP contribution in [0.2, 0.25) is 0 Å². The van der Waals surface area contributed by atoms with Crippen LogP contribution in [0.15, 0.2) is 33.2 Å². The first-order valence-electron chi connectivity index (χ1n) is 9.94. The SMILES string of the molecule is Cc1c(-c2noc(C(=O)NCCCN3CCC[C@@H](C)C3)n2)oc2ccccc12. The van der Waals surface area contributed by atoms with Crippen LogP contribution in [0.25, 0.3) is 22.6 Å². The highest BCUT2D eigenvalue weighted by molar-refractivity contribution is 5.90. The molecule has 4 rings (SSSR count). The first-order chi connectivity index (χ1) is 13.6. The number of rotatable bonds is 6. The number of nitrogens with one attached hydrogen (secondary N) is 1. The van der Waals surface area contributed by atoms with Crippen molar-refractivity contribution in [2.24, 2.45) is 5.92 Å². The summed E-state index contributed by atoms with van der Waals surface area (Å²) in [5.74, 6) is 1.20. The lowest BCUT2D eigenvalue weighted by atomic mass is 10.0. The Labute approximate surface area is 164 Å². The standard InChI is InChI=1S/C21H26N4O3/c1-14-7-5-11-25(13-14)12-6-10-22-20(26)21-23-19(24-28-21)18-15(2)16-8-3-4-9-17(16)27-18/h3-4,8-9,14H,5-7,10-13H2,1-2H3,(H,22,26)/t14-/m1/s1. The summed E-state index contributed by atoms with van der Waals surface area (Å²) in [6.45, 7) is 8.13. The van der Waals surface area contributed by atoms with Crippen molar-refractivity contribution in [1.29, 1.82) is 0 Å². The maximum absolute atomic E-state index is 12.3. The van der Waals surface area contributed by atoms with E-state index in [2.05, 4.69) is 27.3 Å². The van der Waals surface area contributed by atoms with Gasteiger partial charge in [0.2, 0.25) is 5.82 Å². The van der Waals surface area contributed by atoms with Gasteiger partial charge >= 0.3 is 11.8 Å². The van der Waals surface area contributed by atoms with Gasteiger partial charge in [0.1, 0.15) is 5.58 Å². The summed E-state index contributed by atoms with van der Waals surface area (Å²) in [6, 6.07) is 7.74. The summed E-state index contributed by atoms with van der Waals surface area (Å²) in [7, 11) is 0. The van der Waals surface area contributed by atoms with E-state index >= 15 is 0 Å². The van der Waals surface area contributed by atoms with Gasteiger partial charge in [-0.3, -0.25) is 4.79 Å². The predicted octanol–water partition coefficient (Wildman–Crippen LogP) is 3.64. The second-order valence-electron chi connectivity index (χ2n) is 7.63. The Morgan fingerprint density at radius 1 is 1.36 bits per heavy atom. The lowest BCUT2D eigenvalue weighted by Gasteiger charge is -2.30. The molecule has 0 saturated carbocycles. The Morgan fingerprint density at radius 2 is 2.21 bits per heavy atom. The molecule has 1 amide bonds. The van der Waals surface area contributed by atoms with Crippen LogP contribution in [0.1, 0.15) is 42.4 Å². The zero-order valence-electron chi connectivity index (χ0n) is 16.4. The monoisotopic (exact) mass is 382 g/mol. The number of fused-ring (bicyclic) bond motifs is 1. The number of carbonyl (C=O) groups excluding carboxylic acids is 1. The molecule has 0 spiro atoms. The molecule has 7 heteroatoms. The highest BCUT2D eigenvalue weighted by atomic mass is 16.5. The molecule has 2 aromatic heterocycles. The third kappa shape index (κ3) is 3.94. The largest absolute Gasteiger partial charge is 0.452 e. The fourth-order valence-corrected chi connectivity index (χ4v) is 3.87. The Kier molecular flexibility index (Phi) is 5.43. The second kappa shape index (κ2) is 8.14. The lowest BCUT2D eigenvalue weighted by molar-refractivity contribution is 0.0906. The van der Waals surface area contributed by atoms with Crippen molar-refractivity contribution in [1.82, 2.24) is 20.4 Å². The Bertz CT molecular complexity index is 962. The van der Waals surface area contributed by atoms with Crippen LogP contribution >= 0.6 is 0 Å². The average Bonchev–Trinajstić information content (AvgIpc) is 3.31. The van der Waals surface area contributed by atoms with E-state index in [1.165, 1.54) is 12.8 Å². The van der Waals surface area contributed by atoms with Gasteiger partial charge < -0.3 is 19.2 Å². The van der Waals surface area contributed by atoms with Crippen LogP contribution in [0, 0.1) is 12.8 Å². The van der Waals surface area contributed by atoms with Gasteiger partial charge in [0.25, 0.3) is 0 Å². The molecule has 148 valence electrons. The van der Waals surface area contributed by atoms with Crippen molar-refractivity contribution in [2.45, 2.75) is 33.1 Å². The molecule has 1 aromatic carbocycles. The van der Waals surface area contributed by atoms with Crippen molar-refractivity contribution < 1.29 is 13.7 Å². The van der Waals surface area contributed by atoms with Crippen molar-refractivity contribution in [2.75, 3.05) is 26.2 Å². The van der Waals surface area contributed by atoms with Gasteiger partial charge in [-0.15, -0.1) is 0 Å². The molecule has 1 N–H and O–H groups in total. The smallest absolute Gasteiger partial charge is 0.316 e. The van der Waals surface area contributed by atoms with Crippen LogP contribution in [-0.2, 0) is 0 Å². The number of para-hydroxylation sites is 1. The third-order valence-corrected chi connectivity index (χ3v) is 5.34. The molecule has 0 radical (unpaired) electrons. The van der Waals surface area contributed by atoms with Crippen LogP contribution in [-0.4, -0.2) is 47.1 Å². The number of hydrogen-bond donors (Lipinski definition) is 1. The van der Waals surface area contributed by atoms with Crippen molar-refractivity contribution >= 4 is 16.9 Å². The quantitative estimate of drug-likeness (QED) is 0.655. The molecule has 0 aliphatic carbocycles. The van der Waals surface area contributed by atoms with E-state index in [-0.39, 0.29) is 11.8 Å².